The second-order valence-electron chi connectivity index (χ2n) is 1.03. The standard InChI is InChI=1S/CH5N3OS.CH3NOS.Na.H/c2-4(3)1(5)6;2-1(3)4;;/h2-3H2,(H,5,6);(H3,2,3,4);;. The van der Waals surface area contributed by atoms with Crippen LogP contribution in [0.2, 0.25) is 0 Å². The van der Waals surface area contributed by atoms with Gasteiger partial charge in [0.2, 0.25) is 0 Å². The van der Waals surface area contributed by atoms with Crippen LogP contribution in [-0.4, -0.2) is 55.2 Å². The van der Waals surface area contributed by atoms with Crippen molar-refractivity contribution in [2.75, 3.05) is 0 Å². The van der Waals surface area contributed by atoms with Crippen molar-refractivity contribution >= 4 is 64.3 Å². The second kappa shape index (κ2) is 10.3. The summed E-state index contributed by atoms with van der Waals surface area (Å²) in [5.41, 5.74) is 4.40. The van der Waals surface area contributed by atoms with E-state index in [0.717, 1.165) is 0 Å². The molecule has 0 aromatic rings. The van der Waals surface area contributed by atoms with Gasteiger partial charge < -0.3 is 15.9 Å². The normalized spacial score (nSPS) is 6.36. The van der Waals surface area contributed by atoms with Crippen LogP contribution < -0.4 is 17.4 Å². The van der Waals surface area contributed by atoms with Gasteiger partial charge in [0.1, 0.15) is 0 Å². The maximum atomic E-state index is 8.04. The van der Waals surface area contributed by atoms with E-state index in [9.17, 15) is 0 Å². The van der Waals surface area contributed by atoms with Gasteiger partial charge in [-0.3, -0.25) is 0 Å². The number of aliphatic hydroxyl groups excluding tert-OH is 2. The molecule has 0 aliphatic carbocycles. The average molecular weight is 208 g/mol. The Labute approximate surface area is 96.5 Å². The van der Waals surface area contributed by atoms with Crippen LogP contribution in [0.15, 0.2) is 0 Å². The molecule has 0 radical (unpaired) electrons. The number of nitrogens with zero attached hydrogens (tertiary/aromatic N) is 1. The van der Waals surface area contributed by atoms with Crippen LogP contribution in [0.4, 0.5) is 0 Å². The van der Waals surface area contributed by atoms with Crippen LogP contribution in [-0.2, 0) is 0 Å². The van der Waals surface area contributed by atoms with E-state index >= 15 is 0 Å². The predicted molar refractivity (Wildman–Crippen MR) is 52.0 cm³/mol. The van der Waals surface area contributed by atoms with Crippen LogP contribution in [0.3, 0.4) is 0 Å². The molecule has 0 fully saturated rings. The van der Waals surface area contributed by atoms with E-state index in [1.54, 1.807) is 0 Å². The summed E-state index contributed by atoms with van der Waals surface area (Å²) in [6, 6.07) is 0. The van der Waals surface area contributed by atoms with Gasteiger partial charge in [0, 0.05) is 0 Å². The number of hydrogen-bond acceptors (Lipinski definition) is 4. The summed E-state index contributed by atoms with van der Waals surface area (Å²) in [5, 5.41) is 15.0. The molecule has 0 heterocycles. The first-order chi connectivity index (χ1) is 4.37. The summed E-state index contributed by atoms with van der Waals surface area (Å²) in [6.07, 6.45) is 0. The van der Waals surface area contributed by atoms with E-state index in [1.807, 2.05) is 0 Å². The third kappa shape index (κ3) is 38.4. The van der Waals surface area contributed by atoms with Crippen LogP contribution in [0, 0.1) is 0 Å². The number of rotatable bonds is 0. The minimum atomic E-state index is -0.519. The summed E-state index contributed by atoms with van der Waals surface area (Å²) in [6.45, 7) is 0. The molecule has 0 unspecified atom stereocenters. The van der Waals surface area contributed by atoms with Gasteiger partial charge >= 0.3 is 29.6 Å². The van der Waals surface area contributed by atoms with Crippen molar-refractivity contribution in [2.24, 2.45) is 17.4 Å². The summed E-state index contributed by atoms with van der Waals surface area (Å²) in [7, 11) is 0. The molecule has 0 atom stereocenters. The fourth-order valence-corrected chi connectivity index (χ4v) is 0. The Morgan fingerprint density at radius 3 is 1.27 bits per heavy atom. The van der Waals surface area contributed by atoms with Crippen LogP contribution >= 0.6 is 24.4 Å². The molecule has 0 aliphatic heterocycles. The molecule has 0 aliphatic rings. The Bertz CT molecular complexity index is 127. The molecule has 6 nitrogen and oxygen atoms in total. The molecule has 0 saturated heterocycles. The Balaban J connectivity index is -0.000000114. The molecular weight excluding hydrogens is 199 g/mol. The van der Waals surface area contributed by atoms with Gasteiger partial charge in [-0.15, -0.1) is 0 Å². The Morgan fingerprint density at radius 1 is 1.18 bits per heavy atom. The number of hydrogen-bond donors (Lipinski definition) is 5. The van der Waals surface area contributed by atoms with Crippen molar-refractivity contribution in [1.29, 1.82) is 0 Å². The third-order valence-corrected chi connectivity index (χ3v) is 0.432. The predicted octanol–water partition coefficient (Wildman–Crippen LogP) is -1.98. The van der Waals surface area contributed by atoms with Gasteiger partial charge in [-0.05, 0) is 24.4 Å². The maximum absolute atomic E-state index is 8.04. The van der Waals surface area contributed by atoms with Gasteiger partial charge in [-0.2, -0.15) is 0 Å². The van der Waals surface area contributed by atoms with E-state index in [1.165, 1.54) is 0 Å². The zero-order valence-electron chi connectivity index (χ0n) is 4.89. The van der Waals surface area contributed by atoms with E-state index < -0.39 is 10.3 Å². The van der Waals surface area contributed by atoms with Crippen LogP contribution in [0.25, 0.3) is 0 Å². The van der Waals surface area contributed by atoms with Crippen LogP contribution in [0.1, 0.15) is 0 Å². The molecule has 62 valence electrons. The molecule has 0 aromatic heterocycles. The first-order valence-corrected chi connectivity index (χ1v) is 2.70. The fourth-order valence-electron chi connectivity index (χ4n) is 0. The third-order valence-electron chi connectivity index (χ3n) is 0.221. The number of nitrogens with two attached hydrogens (primary N) is 3. The van der Waals surface area contributed by atoms with E-state index in [-0.39, 0.29) is 29.6 Å². The molecule has 0 aromatic carbocycles. The van der Waals surface area contributed by atoms with Gasteiger partial charge in [0.05, 0.1) is 0 Å². The van der Waals surface area contributed by atoms with Gasteiger partial charge in [-0.25, -0.2) is 16.8 Å². The Morgan fingerprint density at radius 2 is 1.27 bits per heavy atom. The molecule has 0 bridgehead atoms. The summed E-state index contributed by atoms with van der Waals surface area (Å²) < 4.78 is 0. The van der Waals surface area contributed by atoms with E-state index in [0.29, 0.717) is 5.12 Å². The zero-order valence-corrected chi connectivity index (χ0v) is 6.52. The van der Waals surface area contributed by atoms with Crippen molar-refractivity contribution in [3.05, 3.63) is 0 Å². The second-order valence-corrected chi connectivity index (χ2v) is 1.81. The summed E-state index contributed by atoms with van der Waals surface area (Å²) >= 11 is 7.92. The van der Waals surface area contributed by atoms with Gasteiger partial charge in [-0.1, -0.05) is 0 Å². The summed E-state index contributed by atoms with van der Waals surface area (Å²) in [4.78, 5) is 0. The van der Waals surface area contributed by atoms with Crippen molar-refractivity contribution < 1.29 is 10.2 Å². The average Bonchev–Trinajstić information content (AvgIpc) is 1.63. The van der Waals surface area contributed by atoms with Gasteiger partial charge in [0.25, 0.3) is 10.3 Å². The molecule has 0 amide bonds. The van der Waals surface area contributed by atoms with E-state index in [4.69, 9.17) is 10.2 Å². The molecular formula is C2H9N4NaO2S2. The van der Waals surface area contributed by atoms with Crippen molar-refractivity contribution in [1.82, 2.24) is 5.12 Å². The number of thiocarbonyl (C=S) groups is 2. The monoisotopic (exact) mass is 208 g/mol. The first kappa shape index (κ1) is 17.4. The molecule has 8 N–H and O–H groups in total. The SMILES string of the molecule is NC(O)=S.NN(N)C(O)=S.[NaH]. The van der Waals surface area contributed by atoms with Crippen molar-refractivity contribution in [2.45, 2.75) is 0 Å². The molecule has 0 rings (SSSR count). The topological polar surface area (TPSA) is 122 Å². The zero-order chi connectivity index (χ0) is 8.73. The first-order valence-electron chi connectivity index (χ1n) is 1.88. The minimum absolute atomic E-state index is 0. The molecule has 11 heavy (non-hydrogen) atoms. The van der Waals surface area contributed by atoms with E-state index in [2.05, 4.69) is 41.9 Å². The molecule has 0 saturated carbocycles. The van der Waals surface area contributed by atoms with Gasteiger partial charge in [0.15, 0.2) is 0 Å². The fraction of sp³-hybridized carbons (Fsp3) is 0. The number of hydrazine groups is 2. The molecule has 9 heteroatoms. The quantitative estimate of drug-likeness (QED) is 0.134. The van der Waals surface area contributed by atoms with Crippen molar-refractivity contribution in [3.8, 4) is 0 Å². The Hall–Kier alpha value is 0.300. The van der Waals surface area contributed by atoms with Crippen LogP contribution in [0.5, 0.6) is 0 Å². The number of aliphatic hydroxyl groups is 2. The van der Waals surface area contributed by atoms with Crippen molar-refractivity contribution in [3.63, 3.8) is 0 Å². The molecule has 0 spiro atoms. The summed E-state index contributed by atoms with van der Waals surface area (Å²) in [5.74, 6) is 9.31. The Kier molecular flexibility index (Phi) is 16.3.